The van der Waals surface area contributed by atoms with E-state index in [0.717, 1.165) is 18.7 Å². The third-order valence-electron chi connectivity index (χ3n) is 2.34. The number of nitrogens with one attached hydrogen (secondary N) is 1. The lowest BCUT2D eigenvalue weighted by Gasteiger charge is -2.10. The van der Waals surface area contributed by atoms with Gasteiger partial charge >= 0.3 is 0 Å². The fourth-order valence-electron chi connectivity index (χ4n) is 1.40. The maximum Gasteiger partial charge on any atom is 0.213 e. The molecule has 0 fully saturated rings. The molecule has 0 atom stereocenters. The van der Waals surface area contributed by atoms with Gasteiger partial charge in [0.2, 0.25) is 5.88 Å². The highest BCUT2D eigenvalue weighted by Gasteiger charge is 2.04. The maximum atomic E-state index is 6.10. The predicted octanol–water partition coefficient (Wildman–Crippen LogP) is 3.44. The summed E-state index contributed by atoms with van der Waals surface area (Å²) in [4.78, 5) is 4.14. The fraction of sp³-hybridized carbons (Fsp3) is 0.500. The topological polar surface area (TPSA) is 34.1 Å². The molecule has 0 spiro atoms. The molecule has 0 unspecified atom stereocenters. The molecule has 0 amide bonds. The van der Waals surface area contributed by atoms with Crippen LogP contribution < -0.4 is 10.1 Å². The zero-order chi connectivity index (χ0) is 13.4. The minimum atomic E-state index is 0.532. The molecule has 18 heavy (non-hydrogen) atoms. The van der Waals surface area contributed by atoms with Crippen LogP contribution in [0.2, 0.25) is 5.02 Å². The fourth-order valence-corrected chi connectivity index (χ4v) is 1.57. The van der Waals surface area contributed by atoms with Crippen molar-refractivity contribution in [3.8, 4) is 5.88 Å². The minimum Gasteiger partial charge on any atom is -0.473 e. The molecule has 1 aromatic rings. The zero-order valence-corrected chi connectivity index (χ0v) is 12.0. The second-order valence-corrected chi connectivity index (χ2v) is 4.93. The standard InChI is InChI=1S/C14H21ClN2O/c1-4-5-6-18-14-7-12(13(15)10-17-14)9-16-8-11(2)3/h4-5,7,10-11,16H,6,8-9H2,1-3H3/b5-4+. The molecule has 0 aliphatic heterocycles. The van der Waals surface area contributed by atoms with Crippen LogP contribution in [0.15, 0.2) is 24.4 Å². The lowest BCUT2D eigenvalue weighted by Crippen LogP contribution is -2.19. The molecule has 3 nitrogen and oxygen atoms in total. The van der Waals surface area contributed by atoms with E-state index in [-0.39, 0.29) is 0 Å². The van der Waals surface area contributed by atoms with Crippen molar-refractivity contribution in [2.75, 3.05) is 13.2 Å². The van der Waals surface area contributed by atoms with Gasteiger partial charge in [0, 0.05) is 18.8 Å². The van der Waals surface area contributed by atoms with Crippen molar-refractivity contribution in [2.24, 2.45) is 5.92 Å². The molecule has 100 valence electrons. The number of halogens is 1. The van der Waals surface area contributed by atoms with E-state index < -0.39 is 0 Å². The summed E-state index contributed by atoms with van der Waals surface area (Å²) in [7, 11) is 0. The first-order chi connectivity index (χ1) is 8.63. The Labute approximate surface area is 114 Å². The molecular formula is C14H21ClN2O. The van der Waals surface area contributed by atoms with Crippen LogP contribution in [0.3, 0.4) is 0 Å². The average molecular weight is 269 g/mol. The first kappa shape index (κ1) is 15.0. The third kappa shape index (κ3) is 5.52. The van der Waals surface area contributed by atoms with Crippen LogP contribution in [0.25, 0.3) is 0 Å². The number of hydrogen-bond donors (Lipinski definition) is 1. The number of allylic oxidation sites excluding steroid dienone is 1. The molecule has 1 aromatic heterocycles. The molecule has 0 saturated heterocycles. The summed E-state index contributed by atoms with van der Waals surface area (Å²) >= 11 is 6.10. The average Bonchev–Trinajstić information content (AvgIpc) is 2.33. The van der Waals surface area contributed by atoms with Crippen molar-refractivity contribution in [2.45, 2.75) is 27.3 Å². The van der Waals surface area contributed by atoms with E-state index in [1.165, 1.54) is 0 Å². The number of aromatic nitrogens is 1. The highest BCUT2D eigenvalue weighted by Crippen LogP contribution is 2.19. The van der Waals surface area contributed by atoms with E-state index in [1.807, 2.05) is 25.1 Å². The first-order valence-corrected chi connectivity index (χ1v) is 6.60. The SMILES string of the molecule is C/C=C/COc1cc(CNCC(C)C)c(Cl)cn1. The summed E-state index contributed by atoms with van der Waals surface area (Å²) in [5, 5.41) is 4.03. The van der Waals surface area contributed by atoms with Gasteiger partial charge in [-0.25, -0.2) is 4.98 Å². The highest BCUT2D eigenvalue weighted by atomic mass is 35.5. The van der Waals surface area contributed by atoms with Gasteiger partial charge in [-0.1, -0.05) is 37.6 Å². The van der Waals surface area contributed by atoms with E-state index in [9.17, 15) is 0 Å². The molecule has 0 aliphatic carbocycles. The minimum absolute atomic E-state index is 0.532. The molecule has 1 rings (SSSR count). The van der Waals surface area contributed by atoms with Gasteiger partial charge in [0.15, 0.2) is 0 Å². The summed E-state index contributed by atoms with van der Waals surface area (Å²) < 4.78 is 5.49. The van der Waals surface area contributed by atoms with Crippen molar-refractivity contribution < 1.29 is 4.74 Å². The lowest BCUT2D eigenvalue weighted by molar-refractivity contribution is 0.347. The first-order valence-electron chi connectivity index (χ1n) is 6.22. The van der Waals surface area contributed by atoms with Crippen LogP contribution in [0.1, 0.15) is 26.3 Å². The summed E-state index contributed by atoms with van der Waals surface area (Å²) in [5.74, 6) is 1.23. The zero-order valence-electron chi connectivity index (χ0n) is 11.2. The van der Waals surface area contributed by atoms with Crippen LogP contribution in [-0.2, 0) is 6.54 Å². The number of rotatable bonds is 7. The molecule has 4 heteroatoms. The second kappa shape index (κ2) is 8.11. The van der Waals surface area contributed by atoms with E-state index in [1.54, 1.807) is 6.20 Å². The molecule has 0 saturated carbocycles. The van der Waals surface area contributed by atoms with Crippen molar-refractivity contribution in [1.82, 2.24) is 10.3 Å². The van der Waals surface area contributed by atoms with E-state index >= 15 is 0 Å². The van der Waals surface area contributed by atoms with E-state index in [0.29, 0.717) is 23.4 Å². The molecular weight excluding hydrogens is 248 g/mol. The summed E-state index contributed by atoms with van der Waals surface area (Å²) in [5.41, 5.74) is 1.02. The third-order valence-corrected chi connectivity index (χ3v) is 2.68. The van der Waals surface area contributed by atoms with E-state index in [4.69, 9.17) is 16.3 Å². The molecule has 1 N–H and O–H groups in total. The van der Waals surface area contributed by atoms with Gasteiger partial charge in [0.05, 0.1) is 5.02 Å². The number of hydrogen-bond acceptors (Lipinski definition) is 3. The summed E-state index contributed by atoms with van der Waals surface area (Å²) in [6.45, 7) is 8.54. The van der Waals surface area contributed by atoms with Crippen molar-refractivity contribution in [1.29, 1.82) is 0 Å². The van der Waals surface area contributed by atoms with Gasteiger partial charge in [-0.15, -0.1) is 0 Å². The van der Waals surface area contributed by atoms with Gasteiger partial charge in [0.1, 0.15) is 6.61 Å². The monoisotopic (exact) mass is 268 g/mol. The number of ether oxygens (including phenoxy) is 1. The largest absolute Gasteiger partial charge is 0.473 e. The molecule has 1 heterocycles. The molecule has 0 bridgehead atoms. The summed E-state index contributed by atoms with van der Waals surface area (Å²) in [6.07, 6.45) is 5.52. The Morgan fingerprint density at radius 1 is 1.50 bits per heavy atom. The quantitative estimate of drug-likeness (QED) is 0.770. The van der Waals surface area contributed by atoms with Crippen LogP contribution in [0.4, 0.5) is 0 Å². The normalized spacial score (nSPS) is 11.4. The van der Waals surface area contributed by atoms with Gasteiger partial charge in [-0.05, 0) is 24.9 Å². The Balaban J connectivity index is 2.57. The van der Waals surface area contributed by atoms with Gasteiger partial charge in [0.25, 0.3) is 0 Å². The van der Waals surface area contributed by atoms with Crippen molar-refractivity contribution >= 4 is 11.6 Å². The predicted molar refractivity (Wildman–Crippen MR) is 76.1 cm³/mol. The van der Waals surface area contributed by atoms with Gasteiger partial charge in [-0.2, -0.15) is 0 Å². The van der Waals surface area contributed by atoms with Gasteiger partial charge < -0.3 is 10.1 Å². The Bertz CT molecular complexity index is 391. The number of nitrogens with zero attached hydrogens (tertiary/aromatic N) is 1. The van der Waals surface area contributed by atoms with Crippen LogP contribution >= 0.6 is 11.6 Å². The molecule has 0 aromatic carbocycles. The Morgan fingerprint density at radius 3 is 2.94 bits per heavy atom. The second-order valence-electron chi connectivity index (χ2n) is 4.52. The maximum absolute atomic E-state index is 6.10. The smallest absolute Gasteiger partial charge is 0.213 e. The van der Waals surface area contributed by atoms with E-state index in [2.05, 4.69) is 24.1 Å². The van der Waals surface area contributed by atoms with Crippen LogP contribution in [-0.4, -0.2) is 18.1 Å². The lowest BCUT2D eigenvalue weighted by atomic mass is 10.2. The molecule has 0 radical (unpaired) electrons. The Kier molecular flexibility index (Phi) is 6.76. The Morgan fingerprint density at radius 2 is 2.28 bits per heavy atom. The number of pyridine rings is 1. The van der Waals surface area contributed by atoms with Crippen LogP contribution in [0, 0.1) is 5.92 Å². The molecule has 0 aliphatic rings. The van der Waals surface area contributed by atoms with Crippen molar-refractivity contribution in [3.63, 3.8) is 0 Å². The van der Waals surface area contributed by atoms with Crippen LogP contribution in [0.5, 0.6) is 5.88 Å². The summed E-state index contributed by atoms with van der Waals surface area (Å²) in [6, 6.07) is 1.89. The van der Waals surface area contributed by atoms with Crippen molar-refractivity contribution in [3.05, 3.63) is 35.0 Å². The highest BCUT2D eigenvalue weighted by molar-refractivity contribution is 6.31. The Hall–Kier alpha value is -1.06. The van der Waals surface area contributed by atoms with Gasteiger partial charge in [-0.3, -0.25) is 0 Å².